The zero-order valence-electron chi connectivity index (χ0n) is 11.2. The van der Waals surface area contributed by atoms with Crippen LogP contribution in [0.2, 0.25) is 5.02 Å². The number of rotatable bonds is 3. The standard InChI is InChI=1S/C15H13ClN2O3/c1-21-14(19)10-4-2-6-12(8-10)17-15(20)18-13-7-3-5-11(16)9-13/h2-9H,1H3,(H2,17,18,20). The van der Waals surface area contributed by atoms with E-state index < -0.39 is 12.0 Å². The third kappa shape index (κ3) is 4.22. The number of esters is 1. The summed E-state index contributed by atoms with van der Waals surface area (Å²) in [5.74, 6) is -0.464. The van der Waals surface area contributed by atoms with Crippen LogP contribution in [-0.2, 0) is 4.74 Å². The molecule has 0 heterocycles. The zero-order chi connectivity index (χ0) is 15.2. The molecule has 5 nitrogen and oxygen atoms in total. The molecule has 0 unspecified atom stereocenters. The van der Waals surface area contributed by atoms with E-state index in [9.17, 15) is 9.59 Å². The Balaban J connectivity index is 2.04. The van der Waals surface area contributed by atoms with Gasteiger partial charge in [-0.1, -0.05) is 23.7 Å². The first-order chi connectivity index (χ1) is 10.1. The molecule has 0 saturated carbocycles. The van der Waals surface area contributed by atoms with Crippen LogP contribution in [0.4, 0.5) is 16.2 Å². The molecule has 0 bridgehead atoms. The minimum atomic E-state index is -0.464. The van der Waals surface area contributed by atoms with Crippen molar-refractivity contribution < 1.29 is 14.3 Å². The van der Waals surface area contributed by atoms with E-state index >= 15 is 0 Å². The first-order valence-electron chi connectivity index (χ1n) is 6.10. The normalized spacial score (nSPS) is 9.81. The maximum Gasteiger partial charge on any atom is 0.337 e. The number of ether oxygens (including phenoxy) is 1. The van der Waals surface area contributed by atoms with Crippen molar-refractivity contribution in [2.75, 3.05) is 17.7 Å². The number of benzene rings is 2. The summed E-state index contributed by atoms with van der Waals surface area (Å²) in [6, 6.07) is 12.8. The van der Waals surface area contributed by atoms with Gasteiger partial charge >= 0.3 is 12.0 Å². The van der Waals surface area contributed by atoms with Crippen molar-refractivity contribution in [1.82, 2.24) is 0 Å². The topological polar surface area (TPSA) is 67.4 Å². The molecular formula is C15H13ClN2O3. The lowest BCUT2D eigenvalue weighted by Crippen LogP contribution is -2.19. The number of carbonyl (C=O) groups excluding carboxylic acids is 2. The van der Waals surface area contributed by atoms with Gasteiger partial charge in [0.2, 0.25) is 0 Å². The average Bonchev–Trinajstić information content (AvgIpc) is 2.46. The zero-order valence-corrected chi connectivity index (χ0v) is 12.0. The van der Waals surface area contributed by atoms with E-state index in [4.69, 9.17) is 11.6 Å². The Morgan fingerprint density at radius 2 is 1.62 bits per heavy atom. The minimum absolute atomic E-state index is 0.359. The van der Waals surface area contributed by atoms with Gasteiger partial charge in [0.1, 0.15) is 0 Å². The van der Waals surface area contributed by atoms with E-state index in [0.717, 1.165) is 0 Å². The number of carbonyl (C=O) groups is 2. The Kier molecular flexibility index (Phi) is 4.79. The second-order valence-corrected chi connectivity index (χ2v) is 4.60. The van der Waals surface area contributed by atoms with E-state index in [-0.39, 0.29) is 0 Å². The molecule has 2 N–H and O–H groups in total. The third-order valence-corrected chi connectivity index (χ3v) is 2.86. The van der Waals surface area contributed by atoms with E-state index in [1.807, 2.05) is 0 Å². The molecule has 2 aromatic carbocycles. The summed E-state index contributed by atoms with van der Waals surface area (Å²) in [4.78, 5) is 23.3. The molecule has 0 aliphatic heterocycles. The van der Waals surface area contributed by atoms with Crippen molar-refractivity contribution in [3.8, 4) is 0 Å². The van der Waals surface area contributed by atoms with Gasteiger partial charge in [0.05, 0.1) is 12.7 Å². The van der Waals surface area contributed by atoms with E-state index in [1.54, 1.807) is 42.5 Å². The minimum Gasteiger partial charge on any atom is -0.465 e. The summed E-state index contributed by atoms with van der Waals surface area (Å²) < 4.78 is 4.62. The second-order valence-electron chi connectivity index (χ2n) is 4.16. The van der Waals surface area contributed by atoms with Crippen molar-refractivity contribution in [2.24, 2.45) is 0 Å². The van der Waals surface area contributed by atoms with Crippen LogP contribution in [-0.4, -0.2) is 19.1 Å². The van der Waals surface area contributed by atoms with Crippen LogP contribution in [0.5, 0.6) is 0 Å². The van der Waals surface area contributed by atoms with Crippen molar-refractivity contribution in [3.05, 3.63) is 59.1 Å². The number of urea groups is 1. The summed E-state index contributed by atoms with van der Waals surface area (Å²) in [5, 5.41) is 5.80. The number of anilines is 2. The Labute approximate surface area is 126 Å². The molecule has 108 valence electrons. The maximum atomic E-state index is 11.9. The molecule has 0 fully saturated rings. The highest BCUT2D eigenvalue weighted by molar-refractivity contribution is 6.30. The van der Waals surface area contributed by atoms with E-state index in [0.29, 0.717) is 22.0 Å². The number of methoxy groups -OCH3 is 1. The molecular weight excluding hydrogens is 292 g/mol. The van der Waals surface area contributed by atoms with E-state index in [1.165, 1.54) is 13.2 Å². The molecule has 21 heavy (non-hydrogen) atoms. The number of nitrogens with one attached hydrogen (secondary N) is 2. The molecule has 2 aromatic rings. The molecule has 0 aliphatic carbocycles. The lowest BCUT2D eigenvalue weighted by molar-refractivity contribution is 0.0600. The molecule has 0 radical (unpaired) electrons. The summed E-state index contributed by atoms with van der Waals surface area (Å²) in [7, 11) is 1.30. The first-order valence-corrected chi connectivity index (χ1v) is 6.48. The Morgan fingerprint density at radius 3 is 2.24 bits per heavy atom. The van der Waals surface area contributed by atoms with Crippen LogP contribution < -0.4 is 10.6 Å². The fourth-order valence-corrected chi connectivity index (χ4v) is 1.89. The van der Waals surface area contributed by atoms with Crippen LogP contribution in [0.25, 0.3) is 0 Å². The van der Waals surface area contributed by atoms with Gasteiger partial charge in [0.25, 0.3) is 0 Å². The smallest absolute Gasteiger partial charge is 0.337 e. The second kappa shape index (κ2) is 6.76. The van der Waals surface area contributed by atoms with Crippen LogP contribution in [0.3, 0.4) is 0 Å². The van der Waals surface area contributed by atoms with Crippen LogP contribution in [0, 0.1) is 0 Å². The molecule has 0 spiro atoms. The third-order valence-electron chi connectivity index (χ3n) is 2.62. The first kappa shape index (κ1) is 14.9. The van der Waals surface area contributed by atoms with E-state index in [2.05, 4.69) is 15.4 Å². The van der Waals surface area contributed by atoms with Crippen molar-refractivity contribution in [1.29, 1.82) is 0 Å². The fourth-order valence-electron chi connectivity index (χ4n) is 1.70. The van der Waals surface area contributed by atoms with Crippen molar-refractivity contribution in [3.63, 3.8) is 0 Å². The predicted octanol–water partition coefficient (Wildman–Crippen LogP) is 3.77. The molecule has 2 amide bonds. The maximum absolute atomic E-state index is 11.9. The summed E-state index contributed by atoms with van der Waals surface area (Å²) in [6.45, 7) is 0. The molecule has 0 saturated heterocycles. The monoisotopic (exact) mass is 304 g/mol. The lowest BCUT2D eigenvalue weighted by atomic mass is 10.2. The van der Waals surface area contributed by atoms with Crippen LogP contribution in [0.15, 0.2) is 48.5 Å². The van der Waals surface area contributed by atoms with Crippen molar-refractivity contribution >= 4 is 35.0 Å². The van der Waals surface area contributed by atoms with Gasteiger partial charge < -0.3 is 15.4 Å². The van der Waals surface area contributed by atoms with Gasteiger partial charge in [-0.3, -0.25) is 0 Å². The van der Waals surface area contributed by atoms with Gasteiger partial charge in [-0.05, 0) is 36.4 Å². The van der Waals surface area contributed by atoms with Gasteiger partial charge in [0.15, 0.2) is 0 Å². The van der Waals surface area contributed by atoms with Crippen molar-refractivity contribution in [2.45, 2.75) is 0 Å². The van der Waals surface area contributed by atoms with Crippen LogP contribution in [0.1, 0.15) is 10.4 Å². The highest BCUT2D eigenvalue weighted by Gasteiger charge is 2.08. The lowest BCUT2D eigenvalue weighted by Gasteiger charge is -2.08. The highest BCUT2D eigenvalue weighted by Crippen LogP contribution is 2.16. The van der Waals surface area contributed by atoms with Gasteiger partial charge in [-0.15, -0.1) is 0 Å². The molecule has 6 heteroatoms. The number of hydrogen-bond acceptors (Lipinski definition) is 3. The molecule has 0 aromatic heterocycles. The van der Waals surface area contributed by atoms with Crippen LogP contribution >= 0.6 is 11.6 Å². The summed E-state index contributed by atoms with van der Waals surface area (Å²) in [5.41, 5.74) is 1.42. The summed E-state index contributed by atoms with van der Waals surface area (Å²) in [6.07, 6.45) is 0. The van der Waals surface area contributed by atoms with Gasteiger partial charge in [0, 0.05) is 16.4 Å². The molecule has 0 atom stereocenters. The van der Waals surface area contributed by atoms with Gasteiger partial charge in [-0.25, -0.2) is 9.59 Å². The quantitative estimate of drug-likeness (QED) is 0.848. The Bertz CT molecular complexity index is 673. The predicted molar refractivity (Wildman–Crippen MR) is 81.9 cm³/mol. The molecule has 2 rings (SSSR count). The largest absolute Gasteiger partial charge is 0.465 e. The average molecular weight is 305 g/mol. The number of amides is 2. The summed E-state index contributed by atoms with van der Waals surface area (Å²) >= 11 is 5.84. The SMILES string of the molecule is COC(=O)c1cccc(NC(=O)Nc2cccc(Cl)c2)c1. The Morgan fingerprint density at radius 1 is 1.00 bits per heavy atom. The van der Waals surface area contributed by atoms with Gasteiger partial charge in [-0.2, -0.15) is 0 Å². The number of halogens is 1. The highest BCUT2D eigenvalue weighted by atomic mass is 35.5. The fraction of sp³-hybridized carbons (Fsp3) is 0.0667. The Hall–Kier alpha value is -2.53. The molecule has 0 aliphatic rings. The number of hydrogen-bond donors (Lipinski definition) is 2.